The molecule has 0 radical (unpaired) electrons. The summed E-state index contributed by atoms with van der Waals surface area (Å²) in [6.45, 7) is 3.17. The van der Waals surface area contributed by atoms with Gasteiger partial charge >= 0.3 is 0 Å². The molecule has 0 saturated carbocycles. The van der Waals surface area contributed by atoms with E-state index < -0.39 is 0 Å². The monoisotopic (exact) mass is 421 g/mol. The molecule has 1 aromatic heterocycles. The van der Waals surface area contributed by atoms with Gasteiger partial charge in [-0.2, -0.15) is 0 Å². The van der Waals surface area contributed by atoms with Crippen molar-refractivity contribution in [3.05, 3.63) is 77.3 Å². The third-order valence-corrected chi connectivity index (χ3v) is 4.45. The Balaban J connectivity index is 0.00000280. The first-order valence-corrected chi connectivity index (χ1v) is 9.33. The van der Waals surface area contributed by atoms with E-state index in [2.05, 4.69) is 20.9 Å². The van der Waals surface area contributed by atoms with Crippen LogP contribution in [0.4, 0.5) is 0 Å². The summed E-state index contributed by atoms with van der Waals surface area (Å²) < 4.78 is 13.5. The molecule has 0 saturated heterocycles. The van der Waals surface area contributed by atoms with Crippen LogP contribution in [0.1, 0.15) is 17.5 Å². The molecule has 0 bridgehead atoms. The summed E-state index contributed by atoms with van der Waals surface area (Å²) in [6, 6.07) is 13.7. The topological polar surface area (TPSA) is 48.3 Å². The van der Waals surface area contributed by atoms with E-state index in [0.29, 0.717) is 6.61 Å². The fourth-order valence-corrected chi connectivity index (χ4v) is 2.85. The van der Waals surface area contributed by atoms with Gasteiger partial charge in [-0.05, 0) is 48.4 Å². The number of imidazole rings is 1. The highest BCUT2D eigenvalue weighted by atomic mass is 35.5. The average molecular weight is 422 g/mol. The Morgan fingerprint density at radius 2 is 1.86 bits per heavy atom. The van der Waals surface area contributed by atoms with Crippen molar-refractivity contribution in [3.63, 3.8) is 0 Å². The van der Waals surface area contributed by atoms with Crippen LogP contribution in [0, 0.1) is 0 Å². The normalized spacial score (nSPS) is 10.4. The Labute approximate surface area is 177 Å². The summed E-state index contributed by atoms with van der Waals surface area (Å²) in [4.78, 5) is 4.05. The van der Waals surface area contributed by atoms with Crippen molar-refractivity contribution in [2.75, 3.05) is 13.7 Å². The Kier molecular flexibility index (Phi) is 9.14. The molecule has 28 heavy (non-hydrogen) atoms. The van der Waals surface area contributed by atoms with E-state index in [4.69, 9.17) is 21.1 Å². The first-order valence-electron chi connectivity index (χ1n) is 8.95. The molecule has 0 aliphatic rings. The minimum absolute atomic E-state index is 0. The summed E-state index contributed by atoms with van der Waals surface area (Å²) in [7, 11) is 1.66. The van der Waals surface area contributed by atoms with Crippen LogP contribution in [0.2, 0.25) is 5.02 Å². The van der Waals surface area contributed by atoms with Crippen LogP contribution in [0.5, 0.6) is 11.5 Å². The molecule has 0 amide bonds. The summed E-state index contributed by atoms with van der Waals surface area (Å²) in [5, 5.41) is 4.18. The lowest BCUT2D eigenvalue weighted by Gasteiger charge is -2.13. The second-order valence-corrected chi connectivity index (χ2v) is 6.67. The number of hydrogen-bond donors (Lipinski definition) is 1. The molecule has 2 aromatic carbocycles. The number of ether oxygens (including phenoxy) is 2. The highest BCUT2D eigenvalue weighted by Gasteiger charge is 2.06. The van der Waals surface area contributed by atoms with Crippen molar-refractivity contribution in [3.8, 4) is 11.5 Å². The van der Waals surface area contributed by atoms with Crippen LogP contribution in [0.3, 0.4) is 0 Å². The van der Waals surface area contributed by atoms with Gasteiger partial charge in [-0.25, -0.2) is 4.98 Å². The molecule has 1 N–H and O–H groups in total. The summed E-state index contributed by atoms with van der Waals surface area (Å²) >= 11 is 5.91. The van der Waals surface area contributed by atoms with Crippen molar-refractivity contribution in [1.29, 1.82) is 0 Å². The number of nitrogens with one attached hydrogen (secondary N) is 1. The van der Waals surface area contributed by atoms with Crippen molar-refractivity contribution in [2.24, 2.45) is 0 Å². The Morgan fingerprint density at radius 1 is 1.07 bits per heavy atom. The van der Waals surface area contributed by atoms with Gasteiger partial charge in [0, 0.05) is 30.5 Å². The molecule has 3 aromatic rings. The fourth-order valence-electron chi connectivity index (χ4n) is 2.72. The summed E-state index contributed by atoms with van der Waals surface area (Å²) in [5.74, 6) is 1.47. The minimum Gasteiger partial charge on any atom is -0.493 e. The van der Waals surface area contributed by atoms with Gasteiger partial charge in [-0.3, -0.25) is 0 Å². The third-order valence-electron chi connectivity index (χ3n) is 4.19. The SMILES string of the molecule is COc1cc(CNCCCn2ccnc2)ccc1OCc1ccc(Cl)cc1.Cl. The van der Waals surface area contributed by atoms with Crippen LogP contribution < -0.4 is 14.8 Å². The smallest absolute Gasteiger partial charge is 0.161 e. The number of benzene rings is 2. The van der Waals surface area contributed by atoms with Crippen molar-refractivity contribution in [2.45, 2.75) is 26.1 Å². The van der Waals surface area contributed by atoms with Crippen molar-refractivity contribution < 1.29 is 9.47 Å². The summed E-state index contributed by atoms with van der Waals surface area (Å²) in [5.41, 5.74) is 2.22. The lowest BCUT2D eigenvalue weighted by Crippen LogP contribution is -2.16. The largest absolute Gasteiger partial charge is 0.493 e. The lowest BCUT2D eigenvalue weighted by atomic mass is 10.2. The molecular weight excluding hydrogens is 397 g/mol. The molecule has 7 heteroatoms. The van der Waals surface area contributed by atoms with Crippen molar-refractivity contribution in [1.82, 2.24) is 14.9 Å². The zero-order chi connectivity index (χ0) is 18.9. The molecule has 3 rings (SSSR count). The van der Waals surface area contributed by atoms with Gasteiger partial charge in [0.05, 0.1) is 13.4 Å². The number of nitrogens with zero attached hydrogens (tertiary/aromatic N) is 2. The maximum Gasteiger partial charge on any atom is 0.161 e. The quantitative estimate of drug-likeness (QED) is 0.480. The van der Waals surface area contributed by atoms with Gasteiger partial charge in [0.2, 0.25) is 0 Å². The maximum absolute atomic E-state index is 5.91. The van der Waals surface area contributed by atoms with E-state index in [-0.39, 0.29) is 12.4 Å². The van der Waals surface area contributed by atoms with Crippen LogP contribution >= 0.6 is 24.0 Å². The first-order chi connectivity index (χ1) is 13.2. The van der Waals surface area contributed by atoms with Gasteiger partial charge in [0.15, 0.2) is 11.5 Å². The number of aromatic nitrogens is 2. The third kappa shape index (κ3) is 6.75. The number of methoxy groups -OCH3 is 1. The van der Waals surface area contributed by atoms with E-state index in [1.807, 2.05) is 48.9 Å². The molecule has 150 valence electrons. The zero-order valence-electron chi connectivity index (χ0n) is 15.8. The van der Waals surface area contributed by atoms with E-state index in [1.165, 1.54) is 0 Å². The molecule has 1 heterocycles. The van der Waals surface area contributed by atoms with Gasteiger partial charge in [0.1, 0.15) is 6.61 Å². The Morgan fingerprint density at radius 3 is 2.57 bits per heavy atom. The van der Waals surface area contributed by atoms with E-state index in [1.54, 1.807) is 13.3 Å². The van der Waals surface area contributed by atoms with Crippen LogP contribution in [0.15, 0.2) is 61.2 Å². The van der Waals surface area contributed by atoms with Crippen molar-refractivity contribution >= 4 is 24.0 Å². The van der Waals surface area contributed by atoms with Crippen LogP contribution in [0.25, 0.3) is 0 Å². The van der Waals surface area contributed by atoms with Gasteiger partial charge in [-0.1, -0.05) is 29.8 Å². The predicted molar refractivity (Wildman–Crippen MR) is 115 cm³/mol. The second kappa shape index (κ2) is 11.6. The average Bonchev–Trinajstić information content (AvgIpc) is 3.21. The first kappa shape index (κ1) is 22.1. The molecule has 5 nitrogen and oxygen atoms in total. The molecule has 0 fully saturated rings. The van der Waals surface area contributed by atoms with Gasteiger partial charge < -0.3 is 19.4 Å². The predicted octanol–water partition coefficient (Wildman–Crippen LogP) is 4.73. The lowest BCUT2D eigenvalue weighted by molar-refractivity contribution is 0.284. The highest BCUT2D eigenvalue weighted by Crippen LogP contribution is 2.29. The number of hydrogen-bond acceptors (Lipinski definition) is 4. The molecule has 0 aliphatic carbocycles. The second-order valence-electron chi connectivity index (χ2n) is 6.23. The van der Waals surface area contributed by atoms with E-state index >= 15 is 0 Å². The minimum atomic E-state index is 0. The fraction of sp³-hybridized carbons (Fsp3) is 0.286. The standard InChI is InChI=1S/C21H24ClN3O2.ClH/c1-26-21-13-18(14-23-9-2-11-25-12-10-24-16-25)5-8-20(21)27-15-17-3-6-19(22)7-4-17;/h3-8,10,12-13,16,23H,2,9,11,14-15H2,1H3;1H. The molecule has 0 spiro atoms. The molecule has 0 atom stereocenters. The van der Waals surface area contributed by atoms with E-state index in [0.717, 1.165) is 53.7 Å². The maximum atomic E-state index is 5.91. The molecular formula is C21H25Cl2N3O2. The van der Waals surface area contributed by atoms with Crippen LogP contribution in [-0.4, -0.2) is 23.2 Å². The van der Waals surface area contributed by atoms with Gasteiger partial charge in [-0.15, -0.1) is 12.4 Å². The molecule has 0 unspecified atom stereocenters. The van der Waals surface area contributed by atoms with E-state index in [9.17, 15) is 0 Å². The zero-order valence-corrected chi connectivity index (χ0v) is 17.4. The number of halogens is 2. The Bertz CT molecular complexity index is 824. The number of rotatable bonds is 10. The summed E-state index contributed by atoms with van der Waals surface area (Å²) in [6.07, 6.45) is 6.67. The number of aryl methyl sites for hydroxylation is 1. The Hall–Kier alpha value is -2.21. The van der Waals surface area contributed by atoms with Crippen LogP contribution in [-0.2, 0) is 19.7 Å². The highest BCUT2D eigenvalue weighted by molar-refractivity contribution is 6.30. The van der Waals surface area contributed by atoms with Gasteiger partial charge in [0.25, 0.3) is 0 Å². The molecule has 0 aliphatic heterocycles.